The number of ether oxygens (including phenoxy) is 3. The van der Waals surface area contributed by atoms with Gasteiger partial charge in [0.25, 0.3) is 0 Å². The number of aromatic nitrogens is 4. The first-order valence-electron chi connectivity index (χ1n) is 11.8. The van der Waals surface area contributed by atoms with Crippen LogP contribution in [0.2, 0.25) is 0 Å². The summed E-state index contributed by atoms with van der Waals surface area (Å²) in [5.74, 6) is 2.97. The van der Waals surface area contributed by atoms with Crippen LogP contribution in [0.1, 0.15) is 24.1 Å². The molecular weight excluding hydrogens is 456 g/mol. The highest BCUT2D eigenvalue weighted by Crippen LogP contribution is 2.34. The Bertz CT molecular complexity index is 1520. The highest BCUT2D eigenvalue weighted by Gasteiger charge is 2.18. The number of nitrogens with zero attached hydrogens (tertiary/aromatic N) is 4. The minimum Gasteiger partial charge on any atom is -0.493 e. The smallest absolute Gasteiger partial charge is 0.226 e. The van der Waals surface area contributed by atoms with Crippen LogP contribution in [0.3, 0.4) is 0 Å². The Kier molecular flexibility index (Phi) is 6.33. The van der Waals surface area contributed by atoms with Crippen LogP contribution in [0.25, 0.3) is 33.6 Å². The van der Waals surface area contributed by atoms with Crippen molar-refractivity contribution in [2.45, 2.75) is 27.4 Å². The van der Waals surface area contributed by atoms with E-state index in [1.165, 1.54) is 0 Å². The number of rotatable bonds is 8. The van der Waals surface area contributed by atoms with Crippen molar-refractivity contribution in [3.63, 3.8) is 0 Å². The average Bonchev–Trinajstić information content (AvgIpc) is 3.41. The van der Waals surface area contributed by atoms with Gasteiger partial charge in [-0.25, -0.2) is 4.98 Å². The van der Waals surface area contributed by atoms with Gasteiger partial charge in [0.1, 0.15) is 18.1 Å². The third-order valence-electron chi connectivity index (χ3n) is 5.99. The van der Waals surface area contributed by atoms with E-state index in [2.05, 4.69) is 22.2 Å². The fourth-order valence-corrected chi connectivity index (χ4v) is 4.24. The molecule has 0 radical (unpaired) electrons. The maximum absolute atomic E-state index is 6.13. The molecule has 0 N–H and O–H groups in total. The first-order chi connectivity index (χ1) is 17.5. The van der Waals surface area contributed by atoms with E-state index >= 15 is 0 Å². The van der Waals surface area contributed by atoms with Gasteiger partial charge in [0.2, 0.25) is 11.8 Å². The summed E-state index contributed by atoms with van der Waals surface area (Å²) in [5.41, 5.74) is 5.29. The SMILES string of the molecule is CCOc1ccc(-c2nc(COc3cc(-c4ccccc4)c4c(C)nn(C)c4n3)c(C)o2)cc1OC. The average molecular weight is 485 g/mol. The van der Waals surface area contributed by atoms with E-state index in [9.17, 15) is 0 Å². The number of pyridine rings is 1. The Balaban J connectivity index is 1.44. The van der Waals surface area contributed by atoms with Crippen LogP contribution >= 0.6 is 0 Å². The lowest BCUT2D eigenvalue weighted by molar-refractivity contribution is 0.288. The van der Waals surface area contributed by atoms with Crippen molar-refractivity contribution in [2.24, 2.45) is 7.05 Å². The normalized spacial score (nSPS) is 11.1. The van der Waals surface area contributed by atoms with Crippen LogP contribution in [0.15, 0.2) is 59.0 Å². The summed E-state index contributed by atoms with van der Waals surface area (Å²) in [5, 5.41) is 5.58. The van der Waals surface area contributed by atoms with E-state index in [1.54, 1.807) is 11.8 Å². The molecule has 8 heteroatoms. The third kappa shape index (κ3) is 4.37. The lowest BCUT2D eigenvalue weighted by atomic mass is 10.0. The van der Waals surface area contributed by atoms with Gasteiger partial charge in [-0.3, -0.25) is 4.68 Å². The lowest BCUT2D eigenvalue weighted by Gasteiger charge is -2.09. The molecule has 3 aromatic heterocycles. The first-order valence-corrected chi connectivity index (χ1v) is 11.8. The Hall–Kier alpha value is -4.33. The Morgan fingerprint density at radius 1 is 0.917 bits per heavy atom. The molecule has 0 unspecified atom stereocenters. The molecule has 0 amide bonds. The van der Waals surface area contributed by atoms with E-state index in [0.29, 0.717) is 41.3 Å². The van der Waals surface area contributed by atoms with Gasteiger partial charge in [-0.2, -0.15) is 10.1 Å². The molecule has 0 atom stereocenters. The molecule has 0 saturated carbocycles. The van der Waals surface area contributed by atoms with E-state index in [4.69, 9.17) is 23.6 Å². The number of hydrogen-bond acceptors (Lipinski definition) is 7. The molecule has 0 aliphatic carbocycles. The van der Waals surface area contributed by atoms with Crippen molar-refractivity contribution in [3.8, 4) is 40.0 Å². The van der Waals surface area contributed by atoms with E-state index in [1.807, 2.05) is 70.3 Å². The van der Waals surface area contributed by atoms with Gasteiger partial charge >= 0.3 is 0 Å². The van der Waals surface area contributed by atoms with Crippen molar-refractivity contribution in [2.75, 3.05) is 13.7 Å². The number of oxazole rings is 1. The number of hydrogen-bond donors (Lipinski definition) is 0. The standard InChI is InChI=1S/C28H28N4O4/c1-6-34-23-13-12-20(14-24(23)33-5)28-29-22(18(3)36-28)16-35-25-15-21(19-10-8-7-9-11-19)26-17(2)31-32(4)27(26)30-25/h7-15H,6,16H2,1-5H3. The van der Waals surface area contributed by atoms with Gasteiger partial charge < -0.3 is 18.6 Å². The molecule has 5 rings (SSSR count). The minimum atomic E-state index is 0.215. The predicted octanol–water partition coefficient (Wildman–Crippen LogP) is 5.89. The summed E-state index contributed by atoms with van der Waals surface area (Å²) in [6.07, 6.45) is 0. The second kappa shape index (κ2) is 9.73. The highest BCUT2D eigenvalue weighted by molar-refractivity contribution is 5.95. The molecule has 3 heterocycles. The Morgan fingerprint density at radius 3 is 2.47 bits per heavy atom. The molecule has 8 nitrogen and oxygen atoms in total. The molecule has 0 aliphatic heterocycles. The summed E-state index contributed by atoms with van der Waals surface area (Å²) < 4.78 is 24.9. The van der Waals surface area contributed by atoms with E-state index in [0.717, 1.165) is 33.4 Å². The molecular formula is C28H28N4O4. The molecule has 5 aromatic rings. The minimum absolute atomic E-state index is 0.215. The third-order valence-corrected chi connectivity index (χ3v) is 5.99. The second-order valence-corrected chi connectivity index (χ2v) is 8.39. The second-order valence-electron chi connectivity index (χ2n) is 8.39. The molecule has 0 fully saturated rings. The fourth-order valence-electron chi connectivity index (χ4n) is 4.24. The molecule has 36 heavy (non-hydrogen) atoms. The molecule has 2 aromatic carbocycles. The summed E-state index contributed by atoms with van der Waals surface area (Å²) in [4.78, 5) is 9.41. The van der Waals surface area contributed by atoms with Crippen molar-refractivity contribution in [3.05, 3.63) is 71.7 Å². The Morgan fingerprint density at radius 2 is 1.72 bits per heavy atom. The zero-order valence-electron chi connectivity index (χ0n) is 21.0. The topological polar surface area (TPSA) is 84.4 Å². The summed E-state index contributed by atoms with van der Waals surface area (Å²) in [7, 11) is 3.50. The molecule has 0 bridgehead atoms. The number of fused-ring (bicyclic) bond motifs is 1. The van der Waals surface area contributed by atoms with Gasteiger partial charge in [0, 0.05) is 18.7 Å². The zero-order valence-corrected chi connectivity index (χ0v) is 21.0. The summed E-state index contributed by atoms with van der Waals surface area (Å²) in [6.45, 7) is 6.57. The fraction of sp³-hybridized carbons (Fsp3) is 0.250. The molecule has 184 valence electrons. The van der Waals surface area contributed by atoms with Crippen LogP contribution in [0.4, 0.5) is 0 Å². The van der Waals surface area contributed by atoms with Crippen LogP contribution in [0.5, 0.6) is 17.4 Å². The maximum Gasteiger partial charge on any atom is 0.226 e. The first kappa shape index (κ1) is 23.4. The molecule has 0 aliphatic rings. The van der Waals surface area contributed by atoms with E-state index < -0.39 is 0 Å². The maximum atomic E-state index is 6.13. The van der Waals surface area contributed by atoms with E-state index in [-0.39, 0.29) is 6.61 Å². The van der Waals surface area contributed by atoms with Crippen LogP contribution in [-0.4, -0.2) is 33.5 Å². The molecule has 0 saturated heterocycles. The van der Waals surface area contributed by atoms with Gasteiger partial charge in [-0.1, -0.05) is 30.3 Å². The highest BCUT2D eigenvalue weighted by atomic mass is 16.5. The van der Waals surface area contributed by atoms with Crippen LogP contribution < -0.4 is 14.2 Å². The zero-order chi connectivity index (χ0) is 25.2. The van der Waals surface area contributed by atoms with Gasteiger partial charge in [0.05, 0.1) is 24.8 Å². The van der Waals surface area contributed by atoms with Crippen molar-refractivity contribution in [1.29, 1.82) is 0 Å². The Labute approximate surface area is 209 Å². The van der Waals surface area contributed by atoms with Crippen LogP contribution in [-0.2, 0) is 13.7 Å². The van der Waals surface area contributed by atoms with Crippen molar-refractivity contribution in [1.82, 2.24) is 19.7 Å². The van der Waals surface area contributed by atoms with Crippen molar-refractivity contribution >= 4 is 11.0 Å². The number of benzene rings is 2. The number of methoxy groups -OCH3 is 1. The van der Waals surface area contributed by atoms with Gasteiger partial charge in [-0.05, 0) is 50.1 Å². The summed E-state index contributed by atoms with van der Waals surface area (Å²) >= 11 is 0. The monoisotopic (exact) mass is 484 g/mol. The largest absolute Gasteiger partial charge is 0.493 e. The summed E-state index contributed by atoms with van der Waals surface area (Å²) in [6, 6.07) is 17.7. The predicted molar refractivity (Wildman–Crippen MR) is 137 cm³/mol. The lowest BCUT2D eigenvalue weighted by Crippen LogP contribution is -2.01. The number of aryl methyl sites for hydroxylation is 3. The molecule has 0 spiro atoms. The quantitative estimate of drug-likeness (QED) is 0.271. The van der Waals surface area contributed by atoms with Crippen LogP contribution in [0, 0.1) is 13.8 Å². The van der Waals surface area contributed by atoms with Gasteiger partial charge in [-0.15, -0.1) is 0 Å². The van der Waals surface area contributed by atoms with Gasteiger partial charge in [0.15, 0.2) is 17.1 Å². The van der Waals surface area contributed by atoms with Crippen molar-refractivity contribution < 1.29 is 18.6 Å².